The van der Waals surface area contributed by atoms with Crippen LogP contribution < -0.4 is 10.2 Å². The van der Waals surface area contributed by atoms with Crippen molar-refractivity contribution >= 4 is 34.9 Å². The van der Waals surface area contributed by atoms with Crippen molar-refractivity contribution in [1.29, 1.82) is 0 Å². The van der Waals surface area contributed by atoms with E-state index in [4.69, 9.17) is 16.3 Å². The fourth-order valence-electron chi connectivity index (χ4n) is 4.92. The Labute approximate surface area is 219 Å². The second-order valence-corrected chi connectivity index (χ2v) is 9.94. The number of piperazine rings is 1. The topological polar surface area (TPSA) is 65.1 Å². The lowest BCUT2D eigenvalue weighted by Crippen LogP contribution is -2.47. The maximum Gasteiger partial charge on any atom is 0.338 e. The van der Waals surface area contributed by atoms with E-state index in [0.29, 0.717) is 24.6 Å². The van der Waals surface area contributed by atoms with E-state index in [1.807, 2.05) is 29.2 Å². The Kier molecular flexibility index (Phi) is 9.47. The summed E-state index contributed by atoms with van der Waals surface area (Å²) in [4.78, 5) is 31.4. The largest absolute Gasteiger partial charge is 0.462 e. The smallest absolute Gasteiger partial charge is 0.338 e. The van der Waals surface area contributed by atoms with Gasteiger partial charge in [0.1, 0.15) is 0 Å². The van der Waals surface area contributed by atoms with Crippen molar-refractivity contribution in [1.82, 2.24) is 9.80 Å². The van der Waals surface area contributed by atoms with Crippen LogP contribution in [0.2, 0.25) is 5.02 Å². The third kappa shape index (κ3) is 7.37. The van der Waals surface area contributed by atoms with Crippen molar-refractivity contribution in [2.45, 2.75) is 38.6 Å². The van der Waals surface area contributed by atoms with Crippen molar-refractivity contribution < 1.29 is 14.3 Å². The van der Waals surface area contributed by atoms with Crippen molar-refractivity contribution in [2.75, 3.05) is 62.6 Å². The summed E-state index contributed by atoms with van der Waals surface area (Å²) in [7, 11) is 0. The minimum absolute atomic E-state index is 0.270. The molecule has 194 valence electrons. The third-order valence-corrected chi connectivity index (χ3v) is 7.30. The van der Waals surface area contributed by atoms with Gasteiger partial charge in [-0.05, 0) is 81.3 Å². The van der Waals surface area contributed by atoms with Crippen molar-refractivity contribution in [3.63, 3.8) is 0 Å². The highest BCUT2D eigenvalue weighted by Gasteiger charge is 2.23. The zero-order valence-corrected chi connectivity index (χ0v) is 21.9. The number of nitrogens with zero attached hydrogens (tertiary/aromatic N) is 3. The average molecular weight is 513 g/mol. The molecule has 2 aromatic carbocycles. The van der Waals surface area contributed by atoms with E-state index < -0.39 is 0 Å². The van der Waals surface area contributed by atoms with Crippen LogP contribution in [0.1, 0.15) is 43.0 Å². The van der Waals surface area contributed by atoms with Gasteiger partial charge in [-0.1, -0.05) is 11.6 Å². The molecule has 0 atom stereocenters. The number of carbonyl (C=O) groups is 2. The zero-order valence-electron chi connectivity index (χ0n) is 21.1. The first kappa shape index (κ1) is 26.3. The second kappa shape index (κ2) is 13.0. The number of likely N-dealkylation sites (tertiary alicyclic amines) is 1. The van der Waals surface area contributed by atoms with Gasteiger partial charge in [-0.15, -0.1) is 0 Å². The fourth-order valence-corrected chi connectivity index (χ4v) is 5.05. The molecule has 2 fully saturated rings. The number of ether oxygens (including phenoxy) is 1. The van der Waals surface area contributed by atoms with Gasteiger partial charge in [-0.25, -0.2) is 4.79 Å². The SMILES string of the molecule is CCOC(=O)c1ccc(NC2CCN(C(=O)CCCN3CCN(c4ccc(Cl)cc4)CC3)CC2)cc1. The molecule has 36 heavy (non-hydrogen) atoms. The van der Waals surface area contributed by atoms with Crippen LogP contribution in [0.3, 0.4) is 0 Å². The van der Waals surface area contributed by atoms with Gasteiger partial charge in [0.15, 0.2) is 0 Å². The lowest BCUT2D eigenvalue weighted by Gasteiger charge is -2.36. The van der Waals surface area contributed by atoms with E-state index in [1.165, 1.54) is 5.69 Å². The standard InChI is InChI=1S/C28H37ClN4O3/c1-2-36-28(35)22-5-9-24(10-6-22)30-25-13-16-33(17-14-25)27(34)4-3-15-31-18-20-32(21-19-31)26-11-7-23(29)8-12-26/h5-12,25,30H,2-4,13-21H2,1H3. The number of anilines is 2. The Morgan fingerprint density at radius 1 is 0.944 bits per heavy atom. The van der Waals surface area contributed by atoms with Gasteiger partial charge in [0.2, 0.25) is 5.91 Å². The predicted molar refractivity (Wildman–Crippen MR) is 145 cm³/mol. The summed E-state index contributed by atoms with van der Waals surface area (Å²) in [6.45, 7) is 8.77. The number of esters is 1. The molecule has 2 aromatic rings. The molecular weight excluding hydrogens is 476 g/mol. The Morgan fingerprint density at radius 3 is 2.25 bits per heavy atom. The highest BCUT2D eigenvalue weighted by atomic mass is 35.5. The molecule has 2 heterocycles. The molecule has 0 spiro atoms. The summed E-state index contributed by atoms with van der Waals surface area (Å²) >= 11 is 6.00. The van der Waals surface area contributed by atoms with Crippen LogP contribution in [-0.2, 0) is 9.53 Å². The monoisotopic (exact) mass is 512 g/mol. The molecule has 0 unspecified atom stereocenters. The van der Waals surface area contributed by atoms with Gasteiger partial charge >= 0.3 is 5.97 Å². The van der Waals surface area contributed by atoms with Crippen molar-refractivity contribution in [3.05, 3.63) is 59.1 Å². The van der Waals surface area contributed by atoms with Crippen molar-refractivity contribution in [2.24, 2.45) is 0 Å². The Balaban J connectivity index is 1.11. The van der Waals surface area contributed by atoms with Crippen LogP contribution in [0.4, 0.5) is 11.4 Å². The summed E-state index contributed by atoms with van der Waals surface area (Å²) in [5.41, 5.74) is 2.77. The Hall–Kier alpha value is -2.77. The molecule has 2 aliphatic heterocycles. The number of amides is 1. The first-order chi connectivity index (χ1) is 17.5. The molecule has 0 saturated carbocycles. The molecule has 8 heteroatoms. The molecule has 0 aromatic heterocycles. The fraction of sp³-hybridized carbons (Fsp3) is 0.500. The minimum atomic E-state index is -0.295. The van der Waals surface area contributed by atoms with Crippen LogP contribution in [0.15, 0.2) is 48.5 Å². The minimum Gasteiger partial charge on any atom is -0.462 e. The zero-order chi connectivity index (χ0) is 25.3. The van der Waals surface area contributed by atoms with Gasteiger partial charge < -0.3 is 19.9 Å². The summed E-state index contributed by atoms with van der Waals surface area (Å²) in [5.74, 6) is -0.0249. The van der Waals surface area contributed by atoms with Crippen LogP contribution in [0, 0.1) is 0 Å². The molecule has 0 aliphatic carbocycles. The third-order valence-electron chi connectivity index (χ3n) is 7.04. The van der Waals surface area contributed by atoms with Gasteiger partial charge in [-0.2, -0.15) is 0 Å². The highest BCUT2D eigenvalue weighted by molar-refractivity contribution is 6.30. The predicted octanol–water partition coefficient (Wildman–Crippen LogP) is 4.52. The van der Waals surface area contributed by atoms with Gasteiger partial charge in [0, 0.05) is 68.1 Å². The first-order valence-corrected chi connectivity index (χ1v) is 13.4. The van der Waals surface area contributed by atoms with E-state index in [1.54, 1.807) is 19.1 Å². The van der Waals surface area contributed by atoms with E-state index in [-0.39, 0.29) is 11.9 Å². The summed E-state index contributed by atoms with van der Waals surface area (Å²) in [6, 6.07) is 15.8. The number of halogens is 1. The number of carbonyl (C=O) groups excluding carboxylic acids is 2. The van der Waals surface area contributed by atoms with Crippen LogP contribution >= 0.6 is 11.6 Å². The van der Waals surface area contributed by atoms with Crippen LogP contribution in [0.5, 0.6) is 0 Å². The van der Waals surface area contributed by atoms with E-state index in [9.17, 15) is 9.59 Å². The van der Waals surface area contributed by atoms with Crippen LogP contribution in [0.25, 0.3) is 0 Å². The lowest BCUT2D eigenvalue weighted by molar-refractivity contribution is -0.132. The molecule has 0 bridgehead atoms. The second-order valence-electron chi connectivity index (χ2n) is 9.51. The molecular formula is C28H37ClN4O3. The van der Waals surface area contributed by atoms with E-state index in [2.05, 4.69) is 27.2 Å². The number of hydrogen-bond acceptors (Lipinski definition) is 6. The first-order valence-electron chi connectivity index (χ1n) is 13.1. The maximum absolute atomic E-state index is 12.7. The molecule has 4 rings (SSSR count). The van der Waals surface area contributed by atoms with Gasteiger partial charge in [0.25, 0.3) is 0 Å². The molecule has 0 radical (unpaired) electrons. The van der Waals surface area contributed by atoms with Crippen molar-refractivity contribution in [3.8, 4) is 0 Å². The van der Waals surface area contributed by atoms with Gasteiger partial charge in [-0.3, -0.25) is 9.69 Å². The molecule has 7 nitrogen and oxygen atoms in total. The van der Waals surface area contributed by atoms with E-state index in [0.717, 1.165) is 75.8 Å². The average Bonchev–Trinajstić information content (AvgIpc) is 2.90. The number of hydrogen-bond donors (Lipinski definition) is 1. The Bertz CT molecular complexity index is 983. The number of nitrogens with one attached hydrogen (secondary N) is 1. The highest BCUT2D eigenvalue weighted by Crippen LogP contribution is 2.21. The quantitative estimate of drug-likeness (QED) is 0.498. The normalized spacial score (nSPS) is 17.2. The molecule has 2 saturated heterocycles. The summed E-state index contributed by atoms with van der Waals surface area (Å²) in [5, 5.41) is 4.30. The Morgan fingerprint density at radius 2 is 1.61 bits per heavy atom. The summed E-state index contributed by atoms with van der Waals surface area (Å²) in [6.07, 6.45) is 3.38. The van der Waals surface area contributed by atoms with Gasteiger partial charge in [0.05, 0.1) is 12.2 Å². The molecule has 1 amide bonds. The molecule has 2 aliphatic rings. The van der Waals surface area contributed by atoms with Crippen LogP contribution in [-0.4, -0.2) is 80.1 Å². The molecule has 1 N–H and O–H groups in total. The summed E-state index contributed by atoms with van der Waals surface area (Å²) < 4.78 is 5.03. The maximum atomic E-state index is 12.7. The van der Waals surface area contributed by atoms with E-state index >= 15 is 0 Å². The number of rotatable bonds is 9. The number of benzene rings is 2. The lowest BCUT2D eigenvalue weighted by atomic mass is 10.0. The number of piperidine rings is 1.